The summed E-state index contributed by atoms with van der Waals surface area (Å²) in [4.78, 5) is 21.5. The maximum atomic E-state index is 11.9. The van der Waals surface area contributed by atoms with E-state index in [1.54, 1.807) is 29.0 Å². The van der Waals surface area contributed by atoms with E-state index in [2.05, 4.69) is 16.0 Å². The third kappa shape index (κ3) is 3.82. The van der Waals surface area contributed by atoms with E-state index in [-0.39, 0.29) is 47.4 Å². The molecule has 5 rings (SSSR count). The number of likely N-dealkylation sites (tertiary alicyclic amines) is 1. The first-order valence-electron chi connectivity index (χ1n) is 10.5. The minimum atomic E-state index is -3.36. The Morgan fingerprint density at radius 3 is 2.62 bits per heavy atom. The number of hydrogen-bond acceptors (Lipinski definition) is 8. The molecule has 11 nitrogen and oxygen atoms in total. The van der Waals surface area contributed by atoms with Gasteiger partial charge in [0, 0.05) is 42.8 Å². The highest BCUT2D eigenvalue weighted by Crippen LogP contribution is 2.33. The molecular weight excluding hydrogens is 462 g/mol. The van der Waals surface area contributed by atoms with Gasteiger partial charge in [-0.05, 0) is 24.3 Å². The first-order chi connectivity index (χ1) is 16.3. The van der Waals surface area contributed by atoms with Crippen LogP contribution < -0.4 is 4.74 Å². The van der Waals surface area contributed by atoms with Gasteiger partial charge in [-0.25, -0.2) is 23.2 Å². The van der Waals surface area contributed by atoms with Crippen LogP contribution >= 0.6 is 0 Å². The van der Waals surface area contributed by atoms with Gasteiger partial charge in [0.15, 0.2) is 21.2 Å². The number of amides is 1. The van der Waals surface area contributed by atoms with E-state index >= 15 is 0 Å². The van der Waals surface area contributed by atoms with E-state index in [4.69, 9.17) is 9.47 Å². The number of nitriles is 1. The van der Waals surface area contributed by atoms with Gasteiger partial charge in [0.25, 0.3) is 0 Å². The Hall–Kier alpha value is -3.69. The number of aromatic nitrogens is 3. The van der Waals surface area contributed by atoms with Gasteiger partial charge in [-0.1, -0.05) is 0 Å². The predicted molar refractivity (Wildman–Crippen MR) is 119 cm³/mol. The van der Waals surface area contributed by atoms with Crippen LogP contribution in [0.2, 0.25) is 0 Å². The summed E-state index contributed by atoms with van der Waals surface area (Å²) in [5.74, 6) is 0.0533. The van der Waals surface area contributed by atoms with Crippen LogP contribution in [0.25, 0.3) is 16.7 Å². The molecular formula is C22H21N5O6S. The van der Waals surface area contributed by atoms with Crippen LogP contribution in [0.4, 0.5) is 4.79 Å². The van der Waals surface area contributed by atoms with Crippen molar-refractivity contribution in [3.63, 3.8) is 0 Å². The molecule has 4 heterocycles. The normalized spacial score (nSPS) is 22.4. The second-order valence-corrected chi connectivity index (χ2v) is 10.5. The zero-order valence-corrected chi connectivity index (χ0v) is 19.0. The first kappa shape index (κ1) is 22.1. The van der Waals surface area contributed by atoms with Crippen molar-refractivity contribution in [2.75, 3.05) is 32.6 Å². The molecule has 2 aliphatic rings. The van der Waals surface area contributed by atoms with Crippen LogP contribution in [0.15, 0.2) is 41.7 Å². The monoisotopic (exact) mass is 483 g/mol. The van der Waals surface area contributed by atoms with Crippen molar-refractivity contribution in [1.29, 1.82) is 5.26 Å². The lowest BCUT2D eigenvalue weighted by Crippen LogP contribution is -2.58. The molecule has 1 unspecified atom stereocenters. The Kier molecular flexibility index (Phi) is 5.38. The number of sulfone groups is 1. The van der Waals surface area contributed by atoms with Gasteiger partial charge in [0.2, 0.25) is 5.88 Å². The van der Waals surface area contributed by atoms with Crippen LogP contribution in [0.1, 0.15) is 5.56 Å². The van der Waals surface area contributed by atoms with Crippen molar-refractivity contribution in [3.8, 4) is 17.8 Å². The average molecular weight is 484 g/mol. The quantitative estimate of drug-likeness (QED) is 0.585. The lowest BCUT2D eigenvalue weighted by atomic mass is 9.84. The number of fused-ring (bicyclic) bond motifs is 3. The van der Waals surface area contributed by atoms with Gasteiger partial charge in [0.05, 0.1) is 23.6 Å². The maximum Gasteiger partial charge on any atom is 0.407 e. The fourth-order valence-corrected chi connectivity index (χ4v) is 5.30. The van der Waals surface area contributed by atoms with E-state index in [1.165, 1.54) is 17.3 Å². The second-order valence-electron chi connectivity index (χ2n) is 8.50. The molecule has 0 aliphatic carbocycles. The minimum Gasteiger partial charge on any atom is -0.472 e. The highest BCUT2D eigenvalue weighted by Gasteiger charge is 2.44. The van der Waals surface area contributed by atoms with Gasteiger partial charge in [-0.2, -0.15) is 5.26 Å². The molecule has 2 aromatic heterocycles. The predicted octanol–water partition coefficient (Wildman–Crippen LogP) is 1.70. The van der Waals surface area contributed by atoms with Crippen molar-refractivity contribution >= 4 is 26.8 Å². The van der Waals surface area contributed by atoms with Crippen molar-refractivity contribution in [2.45, 2.75) is 11.0 Å². The topological polar surface area (TPSA) is 148 Å². The Morgan fingerprint density at radius 2 is 1.97 bits per heavy atom. The molecule has 34 heavy (non-hydrogen) atoms. The lowest BCUT2D eigenvalue weighted by molar-refractivity contribution is -0.108. The summed E-state index contributed by atoms with van der Waals surface area (Å²) in [7, 11) is -3.36. The molecule has 0 saturated carbocycles. The fourth-order valence-electron chi connectivity index (χ4n) is 4.64. The van der Waals surface area contributed by atoms with Gasteiger partial charge in [-0.15, -0.1) is 0 Å². The molecule has 2 aliphatic heterocycles. The number of carboxylic acid groups (broad SMARTS) is 1. The molecule has 0 spiro atoms. The molecule has 0 radical (unpaired) electrons. The smallest absolute Gasteiger partial charge is 0.407 e. The Labute approximate surface area is 195 Å². The highest BCUT2D eigenvalue weighted by molar-refractivity contribution is 7.90. The number of piperidine rings is 1. The zero-order valence-electron chi connectivity index (χ0n) is 18.2. The van der Waals surface area contributed by atoms with Crippen molar-refractivity contribution < 1.29 is 27.8 Å². The summed E-state index contributed by atoms with van der Waals surface area (Å²) < 4.78 is 37.3. The molecule has 12 heteroatoms. The average Bonchev–Trinajstić information content (AvgIpc) is 3.21. The van der Waals surface area contributed by atoms with E-state index < -0.39 is 15.9 Å². The van der Waals surface area contributed by atoms with Crippen molar-refractivity contribution in [2.24, 2.45) is 11.8 Å². The molecule has 1 N–H and O–H groups in total. The summed E-state index contributed by atoms with van der Waals surface area (Å²) >= 11 is 0. The van der Waals surface area contributed by atoms with Crippen LogP contribution in [0, 0.1) is 23.2 Å². The largest absolute Gasteiger partial charge is 0.472 e. The molecule has 2 saturated heterocycles. The third-order valence-electron chi connectivity index (χ3n) is 6.24. The Bertz CT molecular complexity index is 1420. The summed E-state index contributed by atoms with van der Waals surface area (Å²) in [5.41, 5.74) is 0.806. The van der Waals surface area contributed by atoms with Gasteiger partial charge < -0.3 is 19.5 Å². The molecule has 3 aromatic rings. The van der Waals surface area contributed by atoms with E-state index in [1.807, 2.05) is 0 Å². The SMILES string of the molecule is CS(=O)(=O)c1ccc2c(ccn2-c2ncnc(OC3[C@@H]4COC[C@H]3CN(C(=O)O)C4)c2C#N)c1. The van der Waals surface area contributed by atoms with Gasteiger partial charge >= 0.3 is 6.09 Å². The summed E-state index contributed by atoms with van der Waals surface area (Å²) in [6.45, 7) is 1.27. The Balaban J connectivity index is 1.50. The third-order valence-corrected chi connectivity index (χ3v) is 7.35. The van der Waals surface area contributed by atoms with E-state index in [9.17, 15) is 23.6 Å². The molecule has 176 valence electrons. The number of ether oxygens (including phenoxy) is 2. The lowest BCUT2D eigenvalue weighted by Gasteiger charge is -2.45. The standard InChI is InChI=1S/C22H21N5O6S/c1-34(30,31)16-2-3-18-13(6-16)4-5-27(18)20-17(7-23)21(25-12-24-20)33-19-14-8-26(22(28)29)9-15(19)11-32-10-14/h2-6,12,14-15,19H,8-11H2,1H3,(H,28,29)/t14-,15+,19?. The molecule has 1 amide bonds. The van der Waals surface area contributed by atoms with Gasteiger partial charge in [-0.3, -0.25) is 4.57 Å². The molecule has 1 aromatic carbocycles. The van der Waals surface area contributed by atoms with Crippen LogP contribution in [0.5, 0.6) is 5.88 Å². The van der Waals surface area contributed by atoms with E-state index in [0.29, 0.717) is 29.9 Å². The molecule has 2 bridgehead atoms. The number of rotatable bonds is 4. The fraction of sp³-hybridized carbons (Fsp3) is 0.364. The zero-order chi connectivity index (χ0) is 24.0. The summed E-state index contributed by atoms with van der Waals surface area (Å²) in [6.07, 6.45) is 2.83. The summed E-state index contributed by atoms with van der Waals surface area (Å²) in [5, 5.41) is 20.0. The van der Waals surface area contributed by atoms with Crippen LogP contribution in [0.3, 0.4) is 0 Å². The van der Waals surface area contributed by atoms with Gasteiger partial charge in [0.1, 0.15) is 18.5 Å². The van der Waals surface area contributed by atoms with Crippen molar-refractivity contribution in [1.82, 2.24) is 19.4 Å². The van der Waals surface area contributed by atoms with E-state index in [0.717, 1.165) is 6.26 Å². The van der Waals surface area contributed by atoms with Crippen LogP contribution in [-0.4, -0.2) is 77.7 Å². The Morgan fingerprint density at radius 1 is 1.24 bits per heavy atom. The highest BCUT2D eigenvalue weighted by atomic mass is 32.2. The van der Waals surface area contributed by atoms with Crippen LogP contribution in [-0.2, 0) is 14.6 Å². The number of benzene rings is 1. The van der Waals surface area contributed by atoms with Crippen molar-refractivity contribution in [3.05, 3.63) is 42.4 Å². The number of hydrogen-bond donors (Lipinski definition) is 1. The number of carbonyl (C=O) groups is 1. The summed E-state index contributed by atoms with van der Waals surface area (Å²) in [6, 6.07) is 8.63. The number of nitrogens with zero attached hydrogens (tertiary/aromatic N) is 5. The molecule has 3 atom stereocenters. The second kappa shape index (κ2) is 8.27. The first-order valence-corrected chi connectivity index (χ1v) is 12.4. The maximum absolute atomic E-state index is 11.9. The molecule has 2 fully saturated rings. The minimum absolute atomic E-state index is 0.118.